The minimum atomic E-state index is -3.26. The standard InChI is InChI=1S/C27H33N3O7S2/c1-27(2,3)37-26(32)28-19(13-17-9-7-6-8-10-17)24(31)29-25-30(21-15-39(33,34)16-23(21)38-25)20-12-11-18(35-4)14-22(20)36-5/h6-12,14,19,21,23H,13,15-16H2,1-5H3,(H,28,32)/t19-,21-,23+/m1/s1. The van der Waals surface area contributed by atoms with Crippen molar-refractivity contribution in [1.29, 1.82) is 0 Å². The van der Waals surface area contributed by atoms with Crippen LogP contribution < -0.4 is 19.7 Å². The number of amides is 2. The highest BCUT2D eigenvalue weighted by molar-refractivity contribution is 8.16. The van der Waals surface area contributed by atoms with Gasteiger partial charge in [-0.3, -0.25) is 4.79 Å². The van der Waals surface area contributed by atoms with Gasteiger partial charge in [-0.25, -0.2) is 13.2 Å². The number of nitrogens with one attached hydrogen (secondary N) is 1. The molecule has 3 atom stereocenters. The lowest BCUT2D eigenvalue weighted by Gasteiger charge is -2.27. The number of ether oxygens (including phenoxy) is 3. The third-order valence-corrected chi connectivity index (χ3v) is 9.40. The number of hydrogen-bond donors (Lipinski definition) is 1. The van der Waals surface area contributed by atoms with Crippen LogP contribution in [0.3, 0.4) is 0 Å². The van der Waals surface area contributed by atoms with E-state index in [9.17, 15) is 18.0 Å². The summed E-state index contributed by atoms with van der Waals surface area (Å²) in [4.78, 5) is 32.4. The zero-order chi connectivity index (χ0) is 28.4. The van der Waals surface area contributed by atoms with Crippen LogP contribution in [0.5, 0.6) is 11.5 Å². The first kappa shape index (κ1) is 28.8. The molecule has 2 aromatic carbocycles. The molecule has 10 nitrogen and oxygen atoms in total. The number of methoxy groups -OCH3 is 2. The van der Waals surface area contributed by atoms with Crippen molar-refractivity contribution in [3.05, 3.63) is 54.1 Å². The number of rotatable bonds is 7. The topological polar surface area (TPSA) is 124 Å². The molecule has 0 bridgehead atoms. The van der Waals surface area contributed by atoms with Crippen molar-refractivity contribution in [2.45, 2.75) is 50.1 Å². The molecule has 2 fully saturated rings. The predicted octanol–water partition coefficient (Wildman–Crippen LogP) is 3.44. The van der Waals surface area contributed by atoms with Gasteiger partial charge in [0, 0.05) is 17.7 Å². The maximum absolute atomic E-state index is 13.6. The molecular formula is C27H33N3O7S2. The molecule has 39 heavy (non-hydrogen) atoms. The van der Waals surface area contributed by atoms with Gasteiger partial charge in [0.05, 0.1) is 37.5 Å². The van der Waals surface area contributed by atoms with Crippen LogP contribution in [0.2, 0.25) is 0 Å². The van der Waals surface area contributed by atoms with Crippen LogP contribution in [0, 0.1) is 0 Å². The van der Waals surface area contributed by atoms with Crippen molar-refractivity contribution in [2.24, 2.45) is 4.99 Å². The summed E-state index contributed by atoms with van der Waals surface area (Å²) in [6.07, 6.45) is -0.527. The first-order chi connectivity index (χ1) is 18.4. The Labute approximate surface area is 233 Å². The number of carbonyl (C=O) groups is 2. The smallest absolute Gasteiger partial charge is 0.408 e. The van der Waals surface area contributed by atoms with Crippen LogP contribution in [0.15, 0.2) is 53.5 Å². The summed E-state index contributed by atoms with van der Waals surface area (Å²) in [6.45, 7) is 5.22. The summed E-state index contributed by atoms with van der Waals surface area (Å²) in [5.74, 6) is 0.350. The Morgan fingerprint density at radius 2 is 1.82 bits per heavy atom. The lowest BCUT2D eigenvalue weighted by Crippen LogP contribution is -2.45. The van der Waals surface area contributed by atoms with Gasteiger partial charge < -0.3 is 24.4 Å². The molecule has 1 N–H and O–H groups in total. The minimum Gasteiger partial charge on any atom is -0.497 e. The number of thioether (sulfide) groups is 1. The second-order valence-corrected chi connectivity index (χ2v) is 13.7. The van der Waals surface area contributed by atoms with Gasteiger partial charge in [-0.1, -0.05) is 42.1 Å². The molecule has 0 radical (unpaired) electrons. The third kappa shape index (κ3) is 7.04. The summed E-state index contributed by atoms with van der Waals surface area (Å²) in [7, 11) is -0.218. The van der Waals surface area contributed by atoms with Crippen molar-refractivity contribution in [3.8, 4) is 11.5 Å². The highest BCUT2D eigenvalue weighted by Crippen LogP contribution is 2.44. The molecule has 0 unspecified atom stereocenters. The highest BCUT2D eigenvalue weighted by atomic mass is 32.2. The van der Waals surface area contributed by atoms with Crippen molar-refractivity contribution >= 4 is 44.5 Å². The maximum Gasteiger partial charge on any atom is 0.408 e. The molecule has 12 heteroatoms. The fraction of sp³-hybridized carbons (Fsp3) is 0.444. The number of anilines is 1. The second-order valence-electron chi connectivity index (χ2n) is 10.3. The van der Waals surface area contributed by atoms with Gasteiger partial charge in [0.25, 0.3) is 5.91 Å². The Morgan fingerprint density at radius 1 is 1.10 bits per heavy atom. The number of aliphatic imine (C=N–C) groups is 1. The number of hydrogen-bond acceptors (Lipinski definition) is 8. The summed E-state index contributed by atoms with van der Waals surface area (Å²) in [5.41, 5.74) is 0.659. The second kappa shape index (κ2) is 11.5. The van der Waals surface area contributed by atoms with Crippen LogP contribution in [-0.2, 0) is 25.8 Å². The monoisotopic (exact) mass is 575 g/mol. The quantitative estimate of drug-likeness (QED) is 0.529. The minimum absolute atomic E-state index is 0.0197. The van der Waals surface area contributed by atoms with E-state index in [1.807, 2.05) is 30.3 Å². The average molecular weight is 576 g/mol. The average Bonchev–Trinajstić information content (AvgIpc) is 3.33. The number of nitrogens with zero attached hydrogens (tertiary/aromatic N) is 2. The molecule has 2 aliphatic heterocycles. The number of alkyl carbamates (subject to hydrolysis) is 1. The Balaban J connectivity index is 1.70. The van der Waals surface area contributed by atoms with Gasteiger partial charge in [0.2, 0.25) is 0 Å². The van der Waals surface area contributed by atoms with Crippen LogP contribution in [0.25, 0.3) is 0 Å². The summed E-state index contributed by atoms with van der Waals surface area (Å²) >= 11 is 1.24. The van der Waals surface area contributed by atoms with Crippen molar-refractivity contribution in [2.75, 3.05) is 30.6 Å². The molecule has 2 saturated heterocycles. The summed E-state index contributed by atoms with van der Waals surface area (Å²) in [6, 6.07) is 13.0. The van der Waals surface area contributed by atoms with Gasteiger partial charge in [-0.05, 0) is 38.5 Å². The first-order valence-electron chi connectivity index (χ1n) is 12.4. The van der Waals surface area contributed by atoms with Crippen molar-refractivity contribution < 1.29 is 32.2 Å². The number of carbonyl (C=O) groups excluding carboxylic acids is 2. The Morgan fingerprint density at radius 3 is 2.46 bits per heavy atom. The number of amidine groups is 1. The fourth-order valence-corrected chi connectivity index (χ4v) is 8.41. The van der Waals surface area contributed by atoms with Crippen LogP contribution in [-0.4, -0.2) is 74.2 Å². The van der Waals surface area contributed by atoms with Gasteiger partial charge >= 0.3 is 6.09 Å². The van der Waals surface area contributed by atoms with Crippen molar-refractivity contribution in [1.82, 2.24) is 5.32 Å². The lowest BCUT2D eigenvalue weighted by atomic mass is 10.1. The van der Waals surface area contributed by atoms with E-state index in [0.717, 1.165) is 5.56 Å². The molecule has 0 saturated carbocycles. The van der Waals surface area contributed by atoms with E-state index in [-0.39, 0.29) is 23.2 Å². The number of sulfone groups is 1. The molecule has 2 aliphatic rings. The maximum atomic E-state index is 13.6. The van der Waals surface area contributed by atoms with E-state index in [2.05, 4.69) is 10.3 Å². The number of fused-ring (bicyclic) bond motifs is 1. The normalized spacial score (nSPS) is 21.8. The van der Waals surface area contributed by atoms with Crippen LogP contribution in [0.4, 0.5) is 10.5 Å². The first-order valence-corrected chi connectivity index (χ1v) is 15.1. The van der Waals surface area contributed by atoms with E-state index < -0.39 is 39.5 Å². The lowest BCUT2D eigenvalue weighted by molar-refractivity contribution is -0.119. The van der Waals surface area contributed by atoms with Gasteiger partial charge in [-0.2, -0.15) is 4.99 Å². The van der Waals surface area contributed by atoms with E-state index in [0.29, 0.717) is 22.4 Å². The molecule has 4 rings (SSSR count). The number of benzene rings is 2. The summed E-state index contributed by atoms with van der Waals surface area (Å²) in [5, 5.41) is 2.71. The fourth-order valence-electron chi connectivity index (χ4n) is 4.50. The van der Waals surface area contributed by atoms with Gasteiger partial charge in [0.1, 0.15) is 23.1 Å². The van der Waals surface area contributed by atoms with Crippen molar-refractivity contribution in [3.63, 3.8) is 0 Å². The van der Waals surface area contributed by atoms with Gasteiger partial charge in [0.15, 0.2) is 15.0 Å². The Bertz CT molecular complexity index is 1360. The van der Waals surface area contributed by atoms with Crippen LogP contribution in [0.1, 0.15) is 26.3 Å². The molecule has 0 aromatic heterocycles. The van der Waals surface area contributed by atoms with E-state index in [1.54, 1.807) is 43.9 Å². The molecular weight excluding hydrogens is 542 g/mol. The Hall–Kier alpha value is -3.25. The SMILES string of the molecule is COc1ccc(N2C(=NC(=O)[C@@H](Cc3ccccc3)NC(=O)OC(C)(C)C)S[C@H]3CS(=O)(=O)C[C@H]32)c(OC)c1. The summed E-state index contributed by atoms with van der Waals surface area (Å²) < 4.78 is 41.3. The molecule has 0 spiro atoms. The van der Waals surface area contributed by atoms with E-state index in [1.165, 1.54) is 26.0 Å². The van der Waals surface area contributed by atoms with Gasteiger partial charge in [-0.15, -0.1) is 0 Å². The zero-order valence-corrected chi connectivity index (χ0v) is 24.2. The third-order valence-electron chi connectivity index (χ3n) is 6.19. The molecule has 0 aliphatic carbocycles. The molecule has 2 amide bonds. The van der Waals surface area contributed by atoms with E-state index in [4.69, 9.17) is 14.2 Å². The molecule has 2 aromatic rings. The van der Waals surface area contributed by atoms with E-state index >= 15 is 0 Å². The van der Waals surface area contributed by atoms with Crippen LogP contribution >= 0.6 is 11.8 Å². The molecule has 210 valence electrons. The largest absolute Gasteiger partial charge is 0.497 e. The molecule has 2 heterocycles. The Kier molecular flexibility index (Phi) is 8.45. The highest BCUT2D eigenvalue weighted by Gasteiger charge is 2.50. The zero-order valence-electron chi connectivity index (χ0n) is 22.5. The predicted molar refractivity (Wildman–Crippen MR) is 152 cm³/mol.